The fraction of sp³-hybridized carbons (Fsp3) is 0.412. The molecule has 0 bridgehead atoms. The molecule has 116 valence electrons. The predicted molar refractivity (Wildman–Crippen MR) is 88.6 cm³/mol. The van der Waals surface area contributed by atoms with Gasteiger partial charge in [-0.1, -0.05) is 24.3 Å². The average Bonchev–Trinajstić information content (AvgIpc) is 2.53. The van der Waals surface area contributed by atoms with Crippen LogP contribution in [0.4, 0.5) is 11.5 Å². The number of nitrogens with zero attached hydrogens (tertiary/aromatic N) is 3. The van der Waals surface area contributed by atoms with Gasteiger partial charge in [0.2, 0.25) is 0 Å². The van der Waals surface area contributed by atoms with E-state index in [2.05, 4.69) is 26.9 Å². The fourth-order valence-electron chi connectivity index (χ4n) is 3.14. The molecule has 0 aliphatic carbocycles. The first kappa shape index (κ1) is 14.6. The average molecular weight is 299 g/mol. The summed E-state index contributed by atoms with van der Waals surface area (Å²) in [5.41, 5.74) is 1.08. The number of hydrogen-bond acceptors (Lipinski definition) is 4. The highest BCUT2D eigenvalue weighted by Gasteiger charge is 2.27. The molecule has 0 spiro atoms. The zero-order valence-corrected chi connectivity index (χ0v) is 13.0. The smallest absolute Gasteiger partial charge is 0.308 e. The van der Waals surface area contributed by atoms with Gasteiger partial charge in [-0.05, 0) is 12.8 Å². The molecular formula is C17H21N3O2. The van der Waals surface area contributed by atoms with Crippen molar-refractivity contribution in [3.05, 3.63) is 30.5 Å². The number of benzene rings is 1. The molecule has 1 aromatic carbocycles. The molecule has 0 amide bonds. The molecule has 0 saturated carbocycles. The van der Waals surface area contributed by atoms with Crippen LogP contribution in [0.5, 0.6) is 0 Å². The number of carbonyl (C=O) groups is 1. The van der Waals surface area contributed by atoms with Gasteiger partial charge in [-0.25, -0.2) is 4.98 Å². The van der Waals surface area contributed by atoms with Gasteiger partial charge in [0.1, 0.15) is 5.82 Å². The fourth-order valence-corrected chi connectivity index (χ4v) is 3.14. The first-order chi connectivity index (χ1) is 10.6. The van der Waals surface area contributed by atoms with E-state index in [0.717, 1.165) is 41.7 Å². The van der Waals surface area contributed by atoms with Gasteiger partial charge in [0.05, 0.1) is 17.8 Å². The van der Waals surface area contributed by atoms with Crippen LogP contribution >= 0.6 is 0 Å². The Kier molecular flexibility index (Phi) is 3.88. The van der Waals surface area contributed by atoms with Crippen molar-refractivity contribution in [3.8, 4) is 0 Å². The van der Waals surface area contributed by atoms with Gasteiger partial charge in [0.15, 0.2) is 0 Å². The molecule has 1 aromatic heterocycles. The van der Waals surface area contributed by atoms with Gasteiger partial charge in [-0.15, -0.1) is 0 Å². The van der Waals surface area contributed by atoms with Crippen molar-refractivity contribution in [2.45, 2.75) is 12.8 Å². The lowest BCUT2D eigenvalue weighted by Crippen LogP contribution is -2.39. The van der Waals surface area contributed by atoms with Crippen LogP contribution < -0.4 is 9.80 Å². The molecule has 22 heavy (non-hydrogen) atoms. The largest absolute Gasteiger partial charge is 0.481 e. The van der Waals surface area contributed by atoms with E-state index in [1.165, 1.54) is 0 Å². The maximum atomic E-state index is 11.3. The lowest BCUT2D eigenvalue weighted by Gasteiger charge is -2.32. The maximum Gasteiger partial charge on any atom is 0.308 e. The quantitative estimate of drug-likeness (QED) is 0.944. The van der Waals surface area contributed by atoms with Crippen molar-refractivity contribution >= 4 is 28.2 Å². The summed E-state index contributed by atoms with van der Waals surface area (Å²) >= 11 is 0. The molecule has 2 aromatic rings. The van der Waals surface area contributed by atoms with Crippen LogP contribution in [-0.4, -0.2) is 43.2 Å². The Bertz CT molecular complexity index is 699. The summed E-state index contributed by atoms with van der Waals surface area (Å²) in [5, 5.41) is 11.5. The normalized spacial score (nSPS) is 18.5. The number of anilines is 2. The van der Waals surface area contributed by atoms with E-state index in [4.69, 9.17) is 0 Å². The minimum Gasteiger partial charge on any atom is -0.481 e. The molecule has 1 N–H and O–H groups in total. The lowest BCUT2D eigenvalue weighted by atomic mass is 9.98. The number of aliphatic carboxylic acids is 1. The molecule has 0 radical (unpaired) electrons. The van der Waals surface area contributed by atoms with Crippen LogP contribution in [0.25, 0.3) is 10.8 Å². The van der Waals surface area contributed by atoms with E-state index in [1.807, 2.05) is 32.4 Å². The number of hydrogen-bond donors (Lipinski definition) is 1. The number of piperidine rings is 1. The van der Waals surface area contributed by atoms with E-state index in [-0.39, 0.29) is 5.92 Å². The molecule has 5 nitrogen and oxygen atoms in total. The van der Waals surface area contributed by atoms with E-state index in [0.29, 0.717) is 6.54 Å². The highest BCUT2D eigenvalue weighted by atomic mass is 16.4. The summed E-state index contributed by atoms with van der Waals surface area (Å²) in [6, 6.07) is 8.18. The molecule has 3 rings (SSSR count). The zero-order chi connectivity index (χ0) is 15.7. The zero-order valence-electron chi connectivity index (χ0n) is 13.0. The van der Waals surface area contributed by atoms with Crippen molar-refractivity contribution in [2.24, 2.45) is 5.92 Å². The van der Waals surface area contributed by atoms with E-state index >= 15 is 0 Å². The van der Waals surface area contributed by atoms with Crippen molar-refractivity contribution in [2.75, 3.05) is 37.0 Å². The molecule has 1 fully saturated rings. The molecular weight excluding hydrogens is 278 g/mol. The Morgan fingerprint density at radius 3 is 2.73 bits per heavy atom. The third-order valence-corrected chi connectivity index (χ3v) is 4.31. The van der Waals surface area contributed by atoms with Gasteiger partial charge < -0.3 is 14.9 Å². The number of fused-ring (bicyclic) bond motifs is 1. The first-order valence-electron chi connectivity index (χ1n) is 7.60. The van der Waals surface area contributed by atoms with Crippen LogP contribution in [0.2, 0.25) is 0 Å². The van der Waals surface area contributed by atoms with E-state index < -0.39 is 5.97 Å². The van der Waals surface area contributed by atoms with Gasteiger partial charge in [0, 0.05) is 38.0 Å². The summed E-state index contributed by atoms with van der Waals surface area (Å²) in [5.74, 6) is -0.117. The van der Waals surface area contributed by atoms with Gasteiger partial charge in [-0.2, -0.15) is 0 Å². The molecule has 1 aliphatic rings. The highest BCUT2D eigenvalue weighted by Crippen LogP contribution is 2.33. The minimum atomic E-state index is -0.709. The minimum absolute atomic E-state index is 0.303. The number of aromatic nitrogens is 1. The Morgan fingerprint density at radius 2 is 2.05 bits per heavy atom. The number of pyridine rings is 1. The number of carboxylic acid groups (broad SMARTS) is 1. The second-order valence-electron chi connectivity index (χ2n) is 6.03. The predicted octanol–water partition coefficient (Wildman–Crippen LogP) is 2.60. The molecule has 1 unspecified atom stereocenters. The molecule has 1 saturated heterocycles. The van der Waals surface area contributed by atoms with E-state index in [9.17, 15) is 9.90 Å². The van der Waals surface area contributed by atoms with Crippen LogP contribution in [0.1, 0.15) is 12.8 Å². The van der Waals surface area contributed by atoms with Crippen LogP contribution in [0.15, 0.2) is 30.5 Å². The number of rotatable bonds is 3. The molecule has 1 atom stereocenters. The second kappa shape index (κ2) is 5.83. The van der Waals surface area contributed by atoms with E-state index in [1.54, 1.807) is 0 Å². The van der Waals surface area contributed by atoms with Gasteiger partial charge in [0.25, 0.3) is 0 Å². The Balaban J connectivity index is 2.04. The van der Waals surface area contributed by atoms with Crippen LogP contribution in [0.3, 0.4) is 0 Å². The molecule has 2 heterocycles. The Hall–Kier alpha value is -2.30. The monoisotopic (exact) mass is 299 g/mol. The molecule has 1 aliphatic heterocycles. The summed E-state index contributed by atoms with van der Waals surface area (Å²) in [6.45, 7) is 1.40. The lowest BCUT2D eigenvalue weighted by molar-refractivity contribution is -0.141. The summed E-state index contributed by atoms with van der Waals surface area (Å²) in [6.07, 6.45) is 3.52. The highest BCUT2D eigenvalue weighted by molar-refractivity contribution is 6.00. The third-order valence-electron chi connectivity index (χ3n) is 4.31. The summed E-state index contributed by atoms with van der Waals surface area (Å²) in [7, 11) is 4.01. The van der Waals surface area contributed by atoms with Crippen molar-refractivity contribution in [3.63, 3.8) is 0 Å². The maximum absolute atomic E-state index is 11.3. The topological polar surface area (TPSA) is 56.7 Å². The Morgan fingerprint density at radius 1 is 1.32 bits per heavy atom. The van der Waals surface area contributed by atoms with Gasteiger partial charge >= 0.3 is 5.97 Å². The summed E-state index contributed by atoms with van der Waals surface area (Å²) in [4.78, 5) is 20.1. The van der Waals surface area contributed by atoms with Gasteiger partial charge in [-0.3, -0.25) is 4.79 Å². The van der Waals surface area contributed by atoms with Crippen LogP contribution in [0, 0.1) is 5.92 Å². The first-order valence-corrected chi connectivity index (χ1v) is 7.60. The Labute approximate surface area is 130 Å². The summed E-state index contributed by atoms with van der Waals surface area (Å²) < 4.78 is 0. The second-order valence-corrected chi connectivity index (χ2v) is 6.03. The standard InChI is InChI=1S/C17H21N3O2/c1-19(2)15-10-18-16(14-8-4-3-7-13(14)15)20-9-5-6-12(11-20)17(21)22/h3-4,7-8,10,12H,5-6,9,11H2,1-2H3,(H,21,22). The number of carboxylic acids is 1. The van der Waals surface area contributed by atoms with Crippen molar-refractivity contribution in [1.29, 1.82) is 0 Å². The van der Waals surface area contributed by atoms with Crippen molar-refractivity contribution in [1.82, 2.24) is 4.98 Å². The third kappa shape index (κ3) is 2.58. The van der Waals surface area contributed by atoms with Crippen molar-refractivity contribution < 1.29 is 9.90 Å². The van der Waals surface area contributed by atoms with Crippen LogP contribution in [-0.2, 0) is 4.79 Å². The SMILES string of the molecule is CN(C)c1cnc(N2CCCC(C(=O)O)C2)c2ccccc12. The molecule has 5 heteroatoms.